The fraction of sp³-hybridized carbons (Fsp3) is 0.353. The molecule has 0 fully saturated rings. The van der Waals surface area contributed by atoms with Gasteiger partial charge in [0.2, 0.25) is 0 Å². The van der Waals surface area contributed by atoms with E-state index in [1.807, 2.05) is 37.0 Å². The molecule has 0 spiro atoms. The number of benzene rings is 1. The van der Waals surface area contributed by atoms with Crippen molar-refractivity contribution in [2.24, 2.45) is 12.0 Å². The predicted octanol–water partition coefficient (Wildman–Crippen LogP) is 1.95. The second-order valence-electron chi connectivity index (χ2n) is 5.30. The molecule has 0 aliphatic carbocycles. The SMILES string of the molecule is CCNC(=NCc1ccn(C)c1)NCC(O)c1ccccc1F. The third-order valence-corrected chi connectivity index (χ3v) is 3.38. The van der Waals surface area contributed by atoms with E-state index in [1.54, 1.807) is 18.2 Å². The normalized spacial score (nSPS) is 13.0. The minimum absolute atomic E-state index is 0.182. The Morgan fingerprint density at radius 3 is 2.74 bits per heavy atom. The second-order valence-corrected chi connectivity index (χ2v) is 5.30. The minimum atomic E-state index is -0.934. The van der Waals surface area contributed by atoms with Crippen LogP contribution in [0.4, 0.5) is 4.39 Å². The summed E-state index contributed by atoms with van der Waals surface area (Å²) in [4.78, 5) is 4.46. The number of hydrogen-bond acceptors (Lipinski definition) is 2. The monoisotopic (exact) mass is 318 g/mol. The smallest absolute Gasteiger partial charge is 0.191 e. The average molecular weight is 318 g/mol. The van der Waals surface area contributed by atoms with E-state index in [0.717, 1.165) is 5.56 Å². The van der Waals surface area contributed by atoms with Crippen LogP contribution in [0, 0.1) is 5.82 Å². The number of halogens is 1. The van der Waals surface area contributed by atoms with Crippen LogP contribution in [0.25, 0.3) is 0 Å². The van der Waals surface area contributed by atoms with Crippen molar-refractivity contribution in [1.29, 1.82) is 0 Å². The molecular formula is C17H23FN4O. The Labute approximate surface area is 135 Å². The first-order valence-electron chi connectivity index (χ1n) is 7.65. The predicted molar refractivity (Wildman–Crippen MR) is 89.6 cm³/mol. The van der Waals surface area contributed by atoms with Gasteiger partial charge in [-0.25, -0.2) is 9.38 Å². The van der Waals surface area contributed by atoms with Crippen molar-refractivity contribution in [3.63, 3.8) is 0 Å². The lowest BCUT2D eigenvalue weighted by molar-refractivity contribution is 0.176. The molecule has 0 saturated carbocycles. The first kappa shape index (κ1) is 17.0. The lowest BCUT2D eigenvalue weighted by Crippen LogP contribution is -2.39. The van der Waals surface area contributed by atoms with Crippen molar-refractivity contribution in [2.75, 3.05) is 13.1 Å². The molecule has 0 radical (unpaired) electrons. The van der Waals surface area contributed by atoms with E-state index in [9.17, 15) is 9.50 Å². The fourth-order valence-corrected chi connectivity index (χ4v) is 2.22. The van der Waals surface area contributed by atoms with Crippen LogP contribution in [0.3, 0.4) is 0 Å². The van der Waals surface area contributed by atoms with E-state index in [2.05, 4.69) is 15.6 Å². The maximum atomic E-state index is 13.6. The summed E-state index contributed by atoms with van der Waals surface area (Å²) >= 11 is 0. The van der Waals surface area contributed by atoms with Crippen LogP contribution >= 0.6 is 0 Å². The van der Waals surface area contributed by atoms with Crippen LogP contribution in [0.1, 0.15) is 24.2 Å². The Hall–Kier alpha value is -2.34. The molecule has 1 unspecified atom stereocenters. The molecule has 124 valence electrons. The summed E-state index contributed by atoms with van der Waals surface area (Å²) in [6, 6.07) is 8.23. The first-order valence-corrected chi connectivity index (χ1v) is 7.65. The molecule has 1 aromatic heterocycles. The number of rotatable bonds is 6. The van der Waals surface area contributed by atoms with Gasteiger partial charge >= 0.3 is 0 Å². The van der Waals surface area contributed by atoms with Crippen molar-refractivity contribution in [1.82, 2.24) is 15.2 Å². The Bertz CT molecular complexity index is 654. The highest BCUT2D eigenvalue weighted by Crippen LogP contribution is 2.15. The average Bonchev–Trinajstić information content (AvgIpc) is 2.95. The number of nitrogens with zero attached hydrogens (tertiary/aromatic N) is 2. The van der Waals surface area contributed by atoms with Crippen molar-refractivity contribution in [2.45, 2.75) is 19.6 Å². The molecule has 0 aliphatic heterocycles. The highest BCUT2D eigenvalue weighted by Gasteiger charge is 2.12. The molecule has 2 rings (SSSR count). The zero-order valence-electron chi connectivity index (χ0n) is 13.5. The highest BCUT2D eigenvalue weighted by atomic mass is 19.1. The summed E-state index contributed by atoms with van der Waals surface area (Å²) in [6.45, 7) is 3.39. The third-order valence-electron chi connectivity index (χ3n) is 3.38. The van der Waals surface area contributed by atoms with Crippen LogP contribution in [0.5, 0.6) is 0 Å². The van der Waals surface area contributed by atoms with E-state index < -0.39 is 11.9 Å². The molecule has 1 heterocycles. The van der Waals surface area contributed by atoms with Gasteiger partial charge in [0, 0.05) is 38.1 Å². The summed E-state index contributed by atoms with van der Waals surface area (Å²) in [5.41, 5.74) is 1.37. The van der Waals surface area contributed by atoms with Gasteiger partial charge in [0.15, 0.2) is 5.96 Å². The molecule has 1 atom stereocenters. The molecule has 0 aliphatic rings. The Kier molecular flexibility index (Phi) is 6.17. The van der Waals surface area contributed by atoms with Gasteiger partial charge in [-0.1, -0.05) is 18.2 Å². The maximum Gasteiger partial charge on any atom is 0.191 e. The molecule has 23 heavy (non-hydrogen) atoms. The topological polar surface area (TPSA) is 61.6 Å². The lowest BCUT2D eigenvalue weighted by Gasteiger charge is -2.16. The van der Waals surface area contributed by atoms with Gasteiger partial charge in [0.25, 0.3) is 0 Å². The first-order chi connectivity index (χ1) is 11.1. The zero-order chi connectivity index (χ0) is 16.7. The third kappa shape index (κ3) is 5.10. The highest BCUT2D eigenvalue weighted by molar-refractivity contribution is 5.79. The zero-order valence-corrected chi connectivity index (χ0v) is 13.5. The van der Waals surface area contributed by atoms with Gasteiger partial charge < -0.3 is 20.3 Å². The van der Waals surface area contributed by atoms with Gasteiger partial charge in [0.1, 0.15) is 5.82 Å². The molecule has 0 bridgehead atoms. The quantitative estimate of drug-likeness (QED) is 0.563. The summed E-state index contributed by atoms with van der Waals surface area (Å²) in [5.74, 6) is 0.180. The number of guanidine groups is 1. The van der Waals surface area contributed by atoms with Gasteiger partial charge in [0.05, 0.1) is 12.6 Å². The number of aliphatic imine (C=N–C) groups is 1. The van der Waals surface area contributed by atoms with Crippen LogP contribution in [-0.4, -0.2) is 28.7 Å². The standard InChI is InChI=1S/C17H23FN4O/c1-3-19-17(20-10-13-8-9-22(2)12-13)21-11-16(23)14-6-4-5-7-15(14)18/h4-9,12,16,23H,3,10-11H2,1-2H3,(H2,19,20,21). The van der Waals surface area contributed by atoms with Crippen molar-refractivity contribution in [3.8, 4) is 0 Å². The van der Waals surface area contributed by atoms with Crippen LogP contribution in [0.15, 0.2) is 47.7 Å². The molecule has 0 amide bonds. The van der Waals surface area contributed by atoms with E-state index in [1.165, 1.54) is 6.07 Å². The molecule has 0 saturated heterocycles. The summed E-state index contributed by atoms with van der Waals surface area (Å²) in [6.07, 6.45) is 3.03. The molecule has 5 nitrogen and oxygen atoms in total. The largest absolute Gasteiger partial charge is 0.386 e. The summed E-state index contributed by atoms with van der Waals surface area (Å²) in [7, 11) is 1.96. The minimum Gasteiger partial charge on any atom is -0.386 e. The van der Waals surface area contributed by atoms with E-state index in [4.69, 9.17) is 0 Å². The Morgan fingerprint density at radius 2 is 2.09 bits per heavy atom. The number of nitrogens with one attached hydrogen (secondary N) is 2. The number of aliphatic hydroxyl groups excluding tert-OH is 1. The molecular weight excluding hydrogens is 295 g/mol. The molecule has 2 aromatic rings. The lowest BCUT2D eigenvalue weighted by atomic mass is 10.1. The van der Waals surface area contributed by atoms with Gasteiger partial charge in [-0.05, 0) is 24.6 Å². The van der Waals surface area contributed by atoms with Gasteiger partial charge in [-0.15, -0.1) is 0 Å². The van der Waals surface area contributed by atoms with Crippen molar-refractivity contribution in [3.05, 3.63) is 59.7 Å². The van der Waals surface area contributed by atoms with Crippen LogP contribution in [0.2, 0.25) is 0 Å². The second kappa shape index (κ2) is 8.33. The number of aromatic nitrogens is 1. The number of aliphatic hydroxyl groups is 1. The molecule has 6 heteroatoms. The molecule has 1 aromatic carbocycles. The van der Waals surface area contributed by atoms with Gasteiger partial charge in [-0.2, -0.15) is 0 Å². The van der Waals surface area contributed by atoms with E-state index in [0.29, 0.717) is 19.0 Å². The van der Waals surface area contributed by atoms with E-state index >= 15 is 0 Å². The van der Waals surface area contributed by atoms with Crippen molar-refractivity contribution < 1.29 is 9.50 Å². The fourth-order valence-electron chi connectivity index (χ4n) is 2.22. The Balaban J connectivity index is 1.95. The van der Waals surface area contributed by atoms with Crippen LogP contribution in [-0.2, 0) is 13.6 Å². The van der Waals surface area contributed by atoms with Gasteiger partial charge in [-0.3, -0.25) is 0 Å². The Morgan fingerprint density at radius 1 is 1.30 bits per heavy atom. The van der Waals surface area contributed by atoms with E-state index in [-0.39, 0.29) is 12.1 Å². The van der Waals surface area contributed by atoms with Crippen molar-refractivity contribution >= 4 is 5.96 Å². The molecule has 3 N–H and O–H groups in total. The summed E-state index contributed by atoms with van der Waals surface area (Å²) < 4.78 is 15.6. The number of hydrogen-bond donors (Lipinski definition) is 3. The number of aryl methyl sites for hydroxylation is 1. The van der Waals surface area contributed by atoms with Crippen LogP contribution < -0.4 is 10.6 Å². The maximum absolute atomic E-state index is 13.6. The summed E-state index contributed by atoms with van der Waals surface area (Å²) in [5, 5.41) is 16.3.